The van der Waals surface area contributed by atoms with Crippen LogP contribution in [0.15, 0.2) is 30.3 Å². The molecule has 1 unspecified atom stereocenters. The molecule has 7 nitrogen and oxygen atoms in total. The zero-order chi connectivity index (χ0) is 23.2. The van der Waals surface area contributed by atoms with Crippen LogP contribution >= 0.6 is 12.2 Å². The highest BCUT2D eigenvalue weighted by atomic mass is 32.1. The minimum absolute atomic E-state index is 0.629. The molecule has 34 heavy (non-hydrogen) atoms. The lowest BCUT2D eigenvalue weighted by atomic mass is 9.75. The average molecular weight is 487 g/mol. The van der Waals surface area contributed by atoms with Gasteiger partial charge in [0.05, 0.1) is 13.2 Å². The molecule has 0 amide bonds. The van der Waals surface area contributed by atoms with Gasteiger partial charge in [-0.05, 0) is 55.6 Å². The number of morpholine rings is 1. The first-order valence-electron chi connectivity index (χ1n) is 13.3. The van der Waals surface area contributed by atoms with Gasteiger partial charge >= 0.3 is 0 Å². The number of piperazine rings is 1. The Hall–Kier alpha value is -1.45. The monoisotopic (exact) mass is 486 g/mol. The Balaban J connectivity index is 0.993. The van der Waals surface area contributed by atoms with Gasteiger partial charge in [0.25, 0.3) is 0 Å². The molecule has 0 aromatic heterocycles. The number of ether oxygens (including phenoxy) is 1. The summed E-state index contributed by atoms with van der Waals surface area (Å²) in [7, 11) is 0. The maximum atomic E-state index is 5.56. The number of anilines is 1. The Bertz CT molecular complexity index is 768. The SMILES string of the molecule is S=C(NCCN1CCOCC1)NC[C@H]1C[C@@H]2CCN1C[C@H]2CN1CCN(c2ccccc2)CC1. The van der Waals surface area contributed by atoms with Gasteiger partial charge in [0, 0.05) is 83.7 Å². The Morgan fingerprint density at radius 3 is 2.47 bits per heavy atom. The summed E-state index contributed by atoms with van der Waals surface area (Å²) in [5, 5.41) is 7.72. The number of thiocarbonyl (C=S) groups is 1. The van der Waals surface area contributed by atoms with E-state index in [9.17, 15) is 0 Å². The number of hydrogen-bond donors (Lipinski definition) is 2. The fourth-order valence-corrected chi connectivity index (χ4v) is 6.44. The Morgan fingerprint density at radius 1 is 0.941 bits per heavy atom. The van der Waals surface area contributed by atoms with E-state index in [0.29, 0.717) is 6.04 Å². The van der Waals surface area contributed by atoms with Crippen molar-refractivity contribution >= 4 is 23.0 Å². The first-order valence-corrected chi connectivity index (χ1v) is 13.7. The molecule has 1 aromatic carbocycles. The number of nitrogens with one attached hydrogen (secondary N) is 2. The van der Waals surface area contributed by atoms with Gasteiger partial charge in [-0.3, -0.25) is 14.7 Å². The van der Waals surface area contributed by atoms with Crippen LogP contribution in [0.5, 0.6) is 0 Å². The lowest BCUT2D eigenvalue weighted by Gasteiger charge is -2.51. The van der Waals surface area contributed by atoms with Gasteiger partial charge in [0.15, 0.2) is 5.11 Å². The number of para-hydroxylation sites is 1. The summed E-state index contributed by atoms with van der Waals surface area (Å²) in [5.41, 5.74) is 1.37. The highest BCUT2D eigenvalue weighted by molar-refractivity contribution is 7.80. The molecular formula is C26H42N6OS. The molecule has 5 aliphatic heterocycles. The molecule has 0 aliphatic carbocycles. The van der Waals surface area contributed by atoms with Crippen LogP contribution < -0.4 is 15.5 Å². The van der Waals surface area contributed by atoms with E-state index in [0.717, 1.165) is 76.0 Å². The van der Waals surface area contributed by atoms with E-state index in [4.69, 9.17) is 17.0 Å². The topological polar surface area (TPSA) is 46.3 Å². The van der Waals surface area contributed by atoms with Crippen molar-refractivity contribution in [1.82, 2.24) is 25.3 Å². The molecule has 5 aliphatic rings. The number of nitrogens with zero attached hydrogens (tertiary/aromatic N) is 4. The van der Waals surface area contributed by atoms with E-state index >= 15 is 0 Å². The molecule has 4 atom stereocenters. The second kappa shape index (κ2) is 12.0. The highest BCUT2D eigenvalue weighted by Gasteiger charge is 2.40. The van der Waals surface area contributed by atoms with Crippen LogP contribution in [0.4, 0.5) is 5.69 Å². The lowest BCUT2D eigenvalue weighted by molar-refractivity contribution is -0.0110. The Kier molecular flexibility index (Phi) is 8.56. The highest BCUT2D eigenvalue weighted by Crippen LogP contribution is 2.36. The van der Waals surface area contributed by atoms with E-state index in [1.165, 1.54) is 51.3 Å². The Morgan fingerprint density at radius 2 is 1.74 bits per heavy atom. The van der Waals surface area contributed by atoms with Crippen molar-refractivity contribution in [3.05, 3.63) is 30.3 Å². The standard InChI is InChI=1S/C26H42N6OS/c34-26(27-7-9-29-14-16-33-17-15-29)28-19-25-18-22-6-8-32(25)21-23(22)20-30-10-12-31(13-11-30)24-4-2-1-3-5-24/h1-5,22-23,25H,6-21H2,(H2,27,28,34)/t22-,23+,25+/m0/s1. The normalized spacial score (nSPS) is 30.3. The van der Waals surface area contributed by atoms with Gasteiger partial charge in [0.2, 0.25) is 0 Å². The fraction of sp³-hybridized carbons (Fsp3) is 0.731. The molecule has 5 saturated heterocycles. The van der Waals surface area contributed by atoms with Crippen LogP contribution in [0.2, 0.25) is 0 Å². The third kappa shape index (κ3) is 6.40. The van der Waals surface area contributed by atoms with Crippen LogP contribution in [-0.4, -0.2) is 118 Å². The fourth-order valence-electron chi connectivity index (χ4n) is 6.25. The Labute approximate surface area is 210 Å². The van der Waals surface area contributed by atoms with Crippen LogP contribution in [0.3, 0.4) is 0 Å². The summed E-state index contributed by atoms with van der Waals surface area (Å²) >= 11 is 5.56. The van der Waals surface area contributed by atoms with Crippen molar-refractivity contribution in [2.45, 2.75) is 18.9 Å². The third-order valence-electron chi connectivity index (χ3n) is 8.32. The second-order valence-electron chi connectivity index (χ2n) is 10.4. The van der Waals surface area contributed by atoms with Crippen molar-refractivity contribution in [1.29, 1.82) is 0 Å². The minimum Gasteiger partial charge on any atom is -0.379 e. The summed E-state index contributed by atoms with van der Waals surface area (Å²) in [6.07, 6.45) is 2.69. The van der Waals surface area contributed by atoms with Crippen LogP contribution in [0, 0.1) is 11.8 Å². The molecule has 1 aromatic rings. The summed E-state index contributed by atoms with van der Waals surface area (Å²) in [4.78, 5) is 10.4. The summed E-state index contributed by atoms with van der Waals surface area (Å²) in [6, 6.07) is 11.5. The number of hydrogen-bond acceptors (Lipinski definition) is 6. The smallest absolute Gasteiger partial charge is 0.166 e. The maximum absolute atomic E-state index is 5.56. The molecule has 8 heteroatoms. The molecule has 2 bridgehead atoms. The van der Waals surface area contributed by atoms with Gasteiger partial charge < -0.3 is 20.3 Å². The van der Waals surface area contributed by atoms with E-state index in [2.05, 4.69) is 60.6 Å². The van der Waals surface area contributed by atoms with Gasteiger partial charge in [-0.2, -0.15) is 0 Å². The van der Waals surface area contributed by atoms with Gasteiger partial charge in [0.1, 0.15) is 0 Å². The first-order chi connectivity index (χ1) is 16.7. The number of benzene rings is 1. The molecule has 5 fully saturated rings. The van der Waals surface area contributed by atoms with Gasteiger partial charge in [-0.25, -0.2) is 0 Å². The predicted octanol–water partition coefficient (Wildman–Crippen LogP) is 1.32. The van der Waals surface area contributed by atoms with Crippen molar-refractivity contribution in [2.24, 2.45) is 11.8 Å². The van der Waals surface area contributed by atoms with Crippen molar-refractivity contribution in [2.75, 3.05) is 96.7 Å². The van der Waals surface area contributed by atoms with Gasteiger partial charge in [-0.15, -0.1) is 0 Å². The van der Waals surface area contributed by atoms with E-state index < -0.39 is 0 Å². The number of fused-ring (bicyclic) bond motifs is 3. The van der Waals surface area contributed by atoms with E-state index in [1.54, 1.807) is 0 Å². The molecule has 0 radical (unpaired) electrons. The van der Waals surface area contributed by atoms with Gasteiger partial charge in [-0.1, -0.05) is 18.2 Å². The van der Waals surface area contributed by atoms with Crippen molar-refractivity contribution in [3.63, 3.8) is 0 Å². The van der Waals surface area contributed by atoms with Crippen molar-refractivity contribution < 1.29 is 4.74 Å². The third-order valence-corrected chi connectivity index (χ3v) is 8.60. The van der Waals surface area contributed by atoms with E-state index in [-0.39, 0.29) is 0 Å². The largest absolute Gasteiger partial charge is 0.379 e. The molecular weight excluding hydrogens is 444 g/mol. The number of rotatable bonds is 8. The molecule has 5 heterocycles. The van der Waals surface area contributed by atoms with Crippen LogP contribution in [0.25, 0.3) is 0 Å². The number of piperidine rings is 3. The molecule has 188 valence electrons. The summed E-state index contributed by atoms with van der Waals surface area (Å²) in [6.45, 7) is 15.1. The maximum Gasteiger partial charge on any atom is 0.166 e. The zero-order valence-electron chi connectivity index (χ0n) is 20.5. The van der Waals surface area contributed by atoms with Crippen molar-refractivity contribution in [3.8, 4) is 0 Å². The molecule has 6 rings (SSSR count). The quantitative estimate of drug-likeness (QED) is 0.534. The van der Waals surface area contributed by atoms with E-state index in [1.807, 2.05) is 0 Å². The molecule has 0 saturated carbocycles. The summed E-state index contributed by atoms with van der Waals surface area (Å²) in [5.74, 6) is 1.69. The average Bonchev–Trinajstić information content (AvgIpc) is 2.90. The second-order valence-corrected chi connectivity index (χ2v) is 10.8. The zero-order valence-corrected chi connectivity index (χ0v) is 21.4. The molecule has 2 N–H and O–H groups in total. The van der Waals surface area contributed by atoms with Crippen LogP contribution in [-0.2, 0) is 4.74 Å². The lowest BCUT2D eigenvalue weighted by Crippen LogP contribution is -2.59. The minimum atomic E-state index is 0.629. The van der Waals surface area contributed by atoms with Crippen LogP contribution in [0.1, 0.15) is 12.8 Å². The summed E-state index contributed by atoms with van der Waals surface area (Å²) < 4.78 is 5.42. The first kappa shape index (κ1) is 24.3. The predicted molar refractivity (Wildman–Crippen MR) is 143 cm³/mol. The molecule has 0 spiro atoms.